The van der Waals surface area contributed by atoms with Crippen molar-refractivity contribution in [3.05, 3.63) is 59.6 Å². The Morgan fingerprint density at radius 1 is 1.00 bits per heavy atom. The van der Waals surface area contributed by atoms with Crippen LogP contribution < -0.4 is 4.74 Å². The Morgan fingerprint density at radius 2 is 1.68 bits per heavy atom. The molecule has 0 aliphatic carbocycles. The number of halogens is 1. The van der Waals surface area contributed by atoms with Crippen molar-refractivity contribution in [2.24, 2.45) is 0 Å². The van der Waals surface area contributed by atoms with E-state index in [1.165, 1.54) is 0 Å². The fraction of sp³-hybridized carbons (Fsp3) is 0.200. The van der Waals surface area contributed by atoms with E-state index < -0.39 is 10.8 Å². The Hall–Kier alpha value is -1.32. The lowest BCUT2D eigenvalue weighted by atomic mass is 10.3. The van der Waals surface area contributed by atoms with Gasteiger partial charge in [0.25, 0.3) is 0 Å². The zero-order chi connectivity index (χ0) is 13.5. The van der Waals surface area contributed by atoms with Crippen LogP contribution >= 0.6 is 11.6 Å². The second-order valence-corrected chi connectivity index (χ2v) is 6.03. The van der Waals surface area contributed by atoms with E-state index in [9.17, 15) is 4.21 Å². The molecule has 0 heterocycles. The molecule has 2 aromatic carbocycles. The zero-order valence-electron chi connectivity index (χ0n) is 10.4. The van der Waals surface area contributed by atoms with Crippen molar-refractivity contribution in [3.8, 4) is 5.75 Å². The predicted octanol–water partition coefficient (Wildman–Crippen LogP) is 3.92. The Labute approximate surface area is 120 Å². The lowest BCUT2D eigenvalue weighted by Crippen LogP contribution is -2.04. The van der Waals surface area contributed by atoms with E-state index in [1.807, 2.05) is 42.5 Å². The first kappa shape index (κ1) is 14.1. The molecule has 2 rings (SSSR count). The van der Waals surface area contributed by atoms with Crippen molar-refractivity contribution in [2.75, 3.05) is 12.4 Å². The van der Waals surface area contributed by atoms with Crippen LogP contribution in [0.25, 0.3) is 0 Å². The van der Waals surface area contributed by atoms with Gasteiger partial charge in [0.15, 0.2) is 0 Å². The summed E-state index contributed by atoms with van der Waals surface area (Å²) in [6, 6.07) is 16.7. The van der Waals surface area contributed by atoms with E-state index in [1.54, 1.807) is 12.1 Å². The van der Waals surface area contributed by atoms with E-state index in [4.69, 9.17) is 16.3 Å². The first-order chi connectivity index (χ1) is 9.25. The van der Waals surface area contributed by atoms with E-state index in [0.29, 0.717) is 17.4 Å². The molecule has 2 aromatic rings. The third kappa shape index (κ3) is 4.69. The van der Waals surface area contributed by atoms with Crippen molar-refractivity contribution in [1.29, 1.82) is 0 Å². The van der Waals surface area contributed by atoms with Gasteiger partial charge in [-0.15, -0.1) is 0 Å². The van der Waals surface area contributed by atoms with Crippen LogP contribution in [0.4, 0.5) is 0 Å². The van der Waals surface area contributed by atoms with Gasteiger partial charge >= 0.3 is 0 Å². The van der Waals surface area contributed by atoms with Crippen molar-refractivity contribution in [3.63, 3.8) is 0 Å². The molecule has 0 aromatic heterocycles. The molecule has 4 heteroatoms. The molecule has 1 unspecified atom stereocenters. The number of hydrogen-bond acceptors (Lipinski definition) is 2. The Bertz CT molecular complexity index is 526. The average molecular weight is 295 g/mol. The van der Waals surface area contributed by atoms with Crippen molar-refractivity contribution in [1.82, 2.24) is 0 Å². The number of rotatable bonds is 6. The molecular weight excluding hydrogens is 280 g/mol. The molecule has 0 saturated carbocycles. The molecule has 0 aliphatic rings. The van der Waals surface area contributed by atoms with Gasteiger partial charge in [-0.2, -0.15) is 0 Å². The molecule has 0 spiro atoms. The summed E-state index contributed by atoms with van der Waals surface area (Å²) in [7, 11) is -0.946. The fourth-order valence-corrected chi connectivity index (χ4v) is 2.80. The number of hydrogen-bond donors (Lipinski definition) is 0. The van der Waals surface area contributed by atoms with Gasteiger partial charge in [0.05, 0.1) is 17.4 Å². The first-order valence-corrected chi connectivity index (χ1v) is 7.77. The van der Waals surface area contributed by atoms with Crippen LogP contribution in [0.5, 0.6) is 5.75 Å². The zero-order valence-corrected chi connectivity index (χ0v) is 12.0. The highest BCUT2D eigenvalue weighted by Crippen LogP contribution is 2.15. The second-order valence-electron chi connectivity index (χ2n) is 4.02. The standard InChI is InChI=1S/C15H15ClO2S/c16-13-7-9-14(10-8-13)18-11-4-12-19(17)15-5-2-1-3-6-15/h1-3,5-10H,4,11-12H2. The molecule has 2 nitrogen and oxygen atoms in total. The maximum atomic E-state index is 11.9. The normalized spacial score (nSPS) is 12.1. The summed E-state index contributed by atoms with van der Waals surface area (Å²) >= 11 is 5.79. The maximum absolute atomic E-state index is 11.9. The van der Waals surface area contributed by atoms with Crippen LogP contribution in [0, 0.1) is 0 Å². The van der Waals surface area contributed by atoms with Gasteiger partial charge in [-0.1, -0.05) is 29.8 Å². The highest BCUT2D eigenvalue weighted by Gasteiger charge is 2.02. The summed E-state index contributed by atoms with van der Waals surface area (Å²) in [6.07, 6.45) is 0.754. The minimum Gasteiger partial charge on any atom is -0.494 e. The van der Waals surface area contributed by atoms with Gasteiger partial charge in [0.1, 0.15) is 5.75 Å². The van der Waals surface area contributed by atoms with Crippen LogP contribution in [0.1, 0.15) is 6.42 Å². The predicted molar refractivity (Wildman–Crippen MR) is 79.3 cm³/mol. The van der Waals surface area contributed by atoms with Gasteiger partial charge in [-0.25, -0.2) is 0 Å². The van der Waals surface area contributed by atoms with Gasteiger partial charge in [0.2, 0.25) is 0 Å². The van der Waals surface area contributed by atoms with Gasteiger partial charge in [-0.05, 0) is 42.8 Å². The molecular formula is C15H15ClO2S. The molecule has 1 atom stereocenters. The second kappa shape index (κ2) is 7.31. The average Bonchev–Trinajstić information content (AvgIpc) is 2.46. The van der Waals surface area contributed by atoms with Crippen molar-refractivity contribution in [2.45, 2.75) is 11.3 Å². The Morgan fingerprint density at radius 3 is 2.37 bits per heavy atom. The monoisotopic (exact) mass is 294 g/mol. The van der Waals surface area contributed by atoms with Crippen LogP contribution in [0.2, 0.25) is 5.02 Å². The largest absolute Gasteiger partial charge is 0.494 e. The minimum absolute atomic E-state index is 0.556. The highest BCUT2D eigenvalue weighted by atomic mass is 35.5. The molecule has 0 aliphatic heterocycles. The molecule has 0 saturated heterocycles. The molecule has 0 bridgehead atoms. The third-order valence-corrected chi connectivity index (χ3v) is 4.27. The molecule has 19 heavy (non-hydrogen) atoms. The summed E-state index contributed by atoms with van der Waals surface area (Å²) in [5.41, 5.74) is 0. The Balaban J connectivity index is 1.72. The minimum atomic E-state index is -0.946. The lowest BCUT2D eigenvalue weighted by Gasteiger charge is -2.06. The van der Waals surface area contributed by atoms with Crippen LogP contribution in [-0.4, -0.2) is 16.6 Å². The Kier molecular flexibility index (Phi) is 5.43. The van der Waals surface area contributed by atoms with E-state index in [-0.39, 0.29) is 0 Å². The summed E-state index contributed by atoms with van der Waals surface area (Å²) in [6.45, 7) is 0.556. The van der Waals surface area contributed by atoms with Gasteiger partial charge in [0, 0.05) is 15.7 Å². The third-order valence-electron chi connectivity index (χ3n) is 2.56. The summed E-state index contributed by atoms with van der Waals surface area (Å²) < 4.78 is 17.5. The summed E-state index contributed by atoms with van der Waals surface area (Å²) in [5, 5.41) is 0.692. The van der Waals surface area contributed by atoms with Crippen molar-refractivity contribution < 1.29 is 8.95 Å². The quantitative estimate of drug-likeness (QED) is 0.755. The smallest absolute Gasteiger partial charge is 0.119 e. The summed E-state index contributed by atoms with van der Waals surface area (Å²) in [4.78, 5) is 0.869. The van der Waals surface area contributed by atoms with E-state index in [2.05, 4.69) is 0 Å². The lowest BCUT2D eigenvalue weighted by molar-refractivity contribution is 0.318. The van der Waals surface area contributed by atoms with Gasteiger partial charge < -0.3 is 4.74 Å². The highest BCUT2D eigenvalue weighted by molar-refractivity contribution is 7.85. The topological polar surface area (TPSA) is 26.3 Å². The molecule has 0 fully saturated rings. The van der Waals surface area contributed by atoms with Crippen molar-refractivity contribution >= 4 is 22.4 Å². The molecule has 0 radical (unpaired) electrons. The van der Waals surface area contributed by atoms with E-state index in [0.717, 1.165) is 17.1 Å². The molecule has 0 amide bonds. The van der Waals surface area contributed by atoms with Gasteiger partial charge in [-0.3, -0.25) is 4.21 Å². The number of benzene rings is 2. The summed E-state index contributed by atoms with van der Waals surface area (Å²) in [5.74, 6) is 1.40. The van der Waals surface area contributed by atoms with Crippen LogP contribution in [-0.2, 0) is 10.8 Å². The molecule has 100 valence electrons. The van der Waals surface area contributed by atoms with E-state index >= 15 is 0 Å². The number of ether oxygens (including phenoxy) is 1. The maximum Gasteiger partial charge on any atom is 0.119 e. The first-order valence-electron chi connectivity index (χ1n) is 6.07. The van der Waals surface area contributed by atoms with Crippen LogP contribution in [0.15, 0.2) is 59.5 Å². The van der Waals surface area contributed by atoms with Crippen LogP contribution in [0.3, 0.4) is 0 Å². The SMILES string of the molecule is O=S(CCCOc1ccc(Cl)cc1)c1ccccc1. The molecule has 0 N–H and O–H groups in total. The fourth-order valence-electron chi connectivity index (χ4n) is 1.60.